The molecule has 0 fully saturated rings. The van der Waals surface area contributed by atoms with Crippen LogP contribution in [0, 0.1) is 11.5 Å². The smallest absolute Gasteiger partial charge is 0.412 e. The predicted molar refractivity (Wildman–Crippen MR) is 132 cm³/mol. The number of fused-ring (bicyclic) bond motifs is 1. The Kier molecular flexibility index (Phi) is 6.93. The largest absolute Gasteiger partial charge is 0.444 e. The van der Waals surface area contributed by atoms with Gasteiger partial charge >= 0.3 is 6.09 Å². The van der Waals surface area contributed by atoms with E-state index in [1.54, 1.807) is 12.1 Å². The predicted octanol–water partition coefficient (Wildman–Crippen LogP) is 7.76. The second-order valence-electron chi connectivity index (χ2n) is 9.89. The second kappa shape index (κ2) is 9.26. The van der Waals surface area contributed by atoms with Crippen molar-refractivity contribution in [3.05, 3.63) is 41.9 Å². The summed E-state index contributed by atoms with van der Waals surface area (Å²) in [4.78, 5) is 12.3. The summed E-state index contributed by atoms with van der Waals surface area (Å²) in [6.07, 6.45) is -0.506. The van der Waals surface area contributed by atoms with Crippen LogP contribution in [0.2, 0.25) is 16.6 Å². The fourth-order valence-corrected chi connectivity index (χ4v) is 9.68. The Balaban J connectivity index is 2.60. The third-order valence-corrected chi connectivity index (χ3v) is 12.0. The lowest BCUT2D eigenvalue weighted by Gasteiger charge is -2.38. The summed E-state index contributed by atoms with van der Waals surface area (Å²) in [5.41, 5.74) is 6.25. The molecule has 0 unspecified atom stereocenters. The summed E-state index contributed by atoms with van der Waals surface area (Å²) in [6.45, 7) is 19.3. The second-order valence-corrected chi connectivity index (χ2v) is 15.5. The monoisotopic (exact) mass is 424 g/mol. The first-order valence-corrected chi connectivity index (χ1v) is 13.1. The first-order valence-electron chi connectivity index (χ1n) is 11.3. The Morgan fingerprint density at radius 1 is 1.00 bits per heavy atom. The van der Waals surface area contributed by atoms with E-state index in [1.807, 2.05) is 39.0 Å². The maximum atomic E-state index is 12.3. The molecule has 2 aromatic carbocycles. The quantitative estimate of drug-likeness (QED) is 0.402. The van der Waals surface area contributed by atoms with Gasteiger partial charge in [0.1, 0.15) is 13.7 Å². The standard InChI is InChI=1S/C26H37NO2Si/c1-18(2)30(19(3)4,20(5)6)17-16-21-12-10-14-23-22(21)13-11-15-24(23)27-25(28)29-26(7,8)9/h10-15,18-20H,1-9H3,(H,27,28)/i13D. The Morgan fingerprint density at radius 3 is 2.13 bits per heavy atom. The first kappa shape index (κ1) is 22.4. The highest BCUT2D eigenvalue weighted by atomic mass is 28.3. The number of hydrogen-bond acceptors (Lipinski definition) is 2. The van der Waals surface area contributed by atoms with Crippen molar-refractivity contribution >= 4 is 30.6 Å². The molecule has 0 saturated carbocycles. The van der Waals surface area contributed by atoms with Crippen LogP contribution in [0.4, 0.5) is 10.5 Å². The van der Waals surface area contributed by atoms with Crippen molar-refractivity contribution in [2.75, 3.05) is 5.32 Å². The number of nitrogens with one attached hydrogen (secondary N) is 1. The molecule has 0 aliphatic rings. The maximum Gasteiger partial charge on any atom is 0.412 e. The van der Waals surface area contributed by atoms with E-state index >= 15 is 0 Å². The summed E-state index contributed by atoms with van der Waals surface area (Å²) in [7, 11) is -1.89. The van der Waals surface area contributed by atoms with Crippen molar-refractivity contribution in [2.24, 2.45) is 0 Å². The lowest BCUT2D eigenvalue weighted by atomic mass is 10.0. The van der Waals surface area contributed by atoms with Crippen LogP contribution in [0.25, 0.3) is 10.8 Å². The minimum absolute atomic E-state index is 0.403. The molecule has 1 amide bonds. The number of carbonyl (C=O) groups excluding carboxylic acids is 1. The molecular formula is C26H37NO2Si. The van der Waals surface area contributed by atoms with Crippen LogP contribution < -0.4 is 5.32 Å². The minimum atomic E-state index is -1.89. The number of rotatable bonds is 4. The molecule has 0 aliphatic carbocycles. The summed E-state index contributed by atoms with van der Waals surface area (Å²) in [6, 6.07) is 9.70. The fraction of sp³-hybridized carbons (Fsp3) is 0.500. The average molecular weight is 425 g/mol. The van der Waals surface area contributed by atoms with E-state index in [9.17, 15) is 4.79 Å². The van der Waals surface area contributed by atoms with E-state index in [4.69, 9.17) is 6.11 Å². The van der Waals surface area contributed by atoms with Gasteiger partial charge in [-0.05, 0) is 54.9 Å². The van der Waals surface area contributed by atoms with Crippen LogP contribution in [-0.2, 0) is 4.74 Å². The number of benzene rings is 2. The lowest BCUT2D eigenvalue weighted by Crippen LogP contribution is -2.43. The highest BCUT2D eigenvalue weighted by Crippen LogP contribution is 2.41. The molecule has 0 bridgehead atoms. The van der Waals surface area contributed by atoms with Gasteiger partial charge in [0.15, 0.2) is 0 Å². The van der Waals surface area contributed by atoms with Gasteiger partial charge in [0.05, 0.1) is 7.06 Å². The molecule has 0 spiro atoms. The van der Waals surface area contributed by atoms with Gasteiger partial charge in [-0.2, -0.15) is 0 Å². The Bertz CT molecular complexity index is 988. The van der Waals surface area contributed by atoms with Crippen LogP contribution in [0.15, 0.2) is 36.4 Å². The van der Waals surface area contributed by atoms with Crippen molar-refractivity contribution in [3.63, 3.8) is 0 Å². The number of hydrogen-bond donors (Lipinski definition) is 1. The molecule has 0 radical (unpaired) electrons. The molecule has 1 N–H and O–H groups in total. The van der Waals surface area contributed by atoms with Gasteiger partial charge in [0, 0.05) is 10.9 Å². The van der Waals surface area contributed by atoms with Crippen molar-refractivity contribution < 1.29 is 10.9 Å². The van der Waals surface area contributed by atoms with Gasteiger partial charge in [-0.25, -0.2) is 4.79 Å². The Labute approximate surface area is 185 Å². The van der Waals surface area contributed by atoms with Crippen LogP contribution in [0.5, 0.6) is 0 Å². The van der Waals surface area contributed by atoms with E-state index in [2.05, 4.69) is 58.3 Å². The molecule has 3 nitrogen and oxygen atoms in total. The normalized spacial score (nSPS) is 12.7. The first-order chi connectivity index (χ1) is 14.3. The SMILES string of the molecule is [2H]c1ccc(NC(=O)OC(C)(C)C)c2cccc(C#C[Si](C(C)C)(C(C)C)C(C)C)c12. The van der Waals surface area contributed by atoms with E-state index in [-0.39, 0.29) is 0 Å². The van der Waals surface area contributed by atoms with E-state index in [0.717, 1.165) is 16.3 Å². The topological polar surface area (TPSA) is 38.3 Å². The number of amides is 1. The van der Waals surface area contributed by atoms with Gasteiger partial charge in [-0.3, -0.25) is 5.32 Å². The number of anilines is 1. The average Bonchev–Trinajstić information content (AvgIpc) is 2.62. The summed E-state index contributed by atoms with van der Waals surface area (Å²) < 4.78 is 13.9. The zero-order chi connectivity index (χ0) is 23.6. The van der Waals surface area contributed by atoms with Gasteiger partial charge in [0.2, 0.25) is 0 Å². The van der Waals surface area contributed by atoms with Crippen LogP contribution in [-0.4, -0.2) is 19.8 Å². The molecule has 0 aromatic heterocycles. The molecule has 0 saturated heterocycles. The molecule has 0 aliphatic heterocycles. The fourth-order valence-electron chi connectivity index (χ4n) is 4.47. The van der Waals surface area contributed by atoms with Crippen LogP contribution >= 0.6 is 0 Å². The third kappa shape index (κ3) is 5.26. The van der Waals surface area contributed by atoms with E-state index in [1.165, 1.54) is 0 Å². The molecule has 0 heterocycles. The zero-order valence-corrected chi connectivity index (χ0v) is 20.9. The Morgan fingerprint density at radius 2 is 1.60 bits per heavy atom. The molecule has 0 atom stereocenters. The summed E-state index contributed by atoms with van der Waals surface area (Å²) in [5, 5.41) is 4.41. The summed E-state index contributed by atoms with van der Waals surface area (Å²) >= 11 is 0. The lowest BCUT2D eigenvalue weighted by molar-refractivity contribution is 0.0636. The Hall–Kier alpha value is -2.25. The van der Waals surface area contributed by atoms with Crippen molar-refractivity contribution in [3.8, 4) is 11.5 Å². The maximum absolute atomic E-state index is 12.3. The van der Waals surface area contributed by atoms with Crippen molar-refractivity contribution in [1.29, 1.82) is 0 Å². The van der Waals surface area contributed by atoms with E-state index in [0.29, 0.717) is 28.4 Å². The molecular weight excluding hydrogens is 386 g/mol. The number of ether oxygens (including phenoxy) is 1. The van der Waals surface area contributed by atoms with Crippen LogP contribution in [0.1, 0.15) is 69.2 Å². The minimum Gasteiger partial charge on any atom is -0.444 e. The molecule has 162 valence electrons. The number of carbonyl (C=O) groups is 1. The molecule has 2 rings (SSSR count). The van der Waals surface area contributed by atoms with Gasteiger partial charge in [-0.15, -0.1) is 5.54 Å². The van der Waals surface area contributed by atoms with Gasteiger partial charge in [0.25, 0.3) is 0 Å². The van der Waals surface area contributed by atoms with Crippen LogP contribution in [0.3, 0.4) is 0 Å². The van der Waals surface area contributed by atoms with Gasteiger partial charge in [-0.1, -0.05) is 71.7 Å². The van der Waals surface area contributed by atoms with Crippen molar-refractivity contribution in [1.82, 2.24) is 0 Å². The molecule has 2 aromatic rings. The van der Waals surface area contributed by atoms with Crippen molar-refractivity contribution in [2.45, 2.75) is 84.5 Å². The molecule has 4 heteroatoms. The highest BCUT2D eigenvalue weighted by Gasteiger charge is 2.41. The zero-order valence-electron chi connectivity index (χ0n) is 20.9. The van der Waals surface area contributed by atoms with E-state index < -0.39 is 19.8 Å². The third-order valence-electron chi connectivity index (χ3n) is 5.75. The van der Waals surface area contributed by atoms with Gasteiger partial charge < -0.3 is 4.74 Å². The summed E-state index contributed by atoms with van der Waals surface area (Å²) in [5.74, 6) is 3.48. The molecule has 30 heavy (non-hydrogen) atoms. The highest BCUT2D eigenvalue weighted by molar-refractivity contribution is 6.90.